The predicted octanol–water partition coefficient (Wildman–Crippen LogP) is 2.73. The lowest BCUT2D eigenvalue weighted by molar-refractivity contribution is -0.140. The van der Waals surface area contributed by atoms with Crippen LogP contribution in [0.1, 0.15) is 17.5 Å². The van der Waals surface area contributed by atoms with Gasteiger partial charge in [0.1, 0.15) is 6.04 Å². The summed E-state index contributed by atoms with van der Waals surface area (Å²) in [6, 6.07) is 4.29. The van der Waals surface area contributed by atoms with Gasteiger partial charge >= 0.3 is 12.1 Å². The van der Waals surface area contributed by atoms with Gasteiger partial charge in [-0.15, -0.1) is 12.4 Å². The highest BCUT2D eigenvalue weighted by atomic mass is 35.5. The number of carboxylic acids is 1. The van der Waals surface area contributed by atoms with Crippen LogP contribution >= 0.6 is 12.4 Å². The molecule has 0 aromatic heterocycles. The van der Waals surface area contributed by atoms with Crippen LogP contribution in [0.25, 0.3) is 0 Å². The fourth-order valence-corrected chi connectivity index (χ4v) is 2.40. The standard InChI is InChI=1S/C13H14F3NO2.ClH/c14-13(15,16)10-3-1-8(2-4-10)7-9-5-6-17-11(9)12(18)19;/h1-4,9,11,17H,5-7H2,(H,18,19);1H/t9?,11-;/m0./s1. The third kappa shape index (κ3) is 3.86. The number of rotatable bonds is 3. The molecule has 0 spiro atoms. The lowest BCUT2D eigenvalue weighted by atomic mass is 9.92. The van der Waals surface area contributed by atoms with Crippen LogP contribution in [0.2, 0.25) is 0 Å². The van der Waals surface area contributed by atoms with Gasteiger partial charge in [0.05, 0.1) is 5.56 Å². The Morgan fingerprint density at radius 2 is 1.90 bits per heavy atom. The van der Waals surface area contributed by atoms with Crippen LogP contribution in [0.15, 0.2) is 24.3 Å². The molecule has 0 radical (unpaired) electrons. The van der Waals surface area contributed by atoms with E-state index >= 15 is 0 Å². The molecule has 2 atom stereocenters. The van der Waals surface area contributed by atoms with Crippen molar-refractivity contribution in [3.8, 4) is 0 Å². The van der Waals surface area contributed by atoms with Crippen molar-refractivity contribution in [1.29, 1.82) is 0 Å². The number of hydrogen-bond acceptors (Lipinski definition) is 2. The van der Waals surface area contributed by atoms with E-state index in [-0.39, 0.29) is 18.3 Å². The van der Waals surface area contributed by atoms with E-state index in [2.05, 4.69) is 5.32 Å². The molecule has 1 aliphatic heterocycles. The van der Waals surface area contributed by atoms with Gasteiger partial charge in [-0.05, 0) is 43.0 Å². The zero-order valence-electron chi connectivity index (χ0n) is 10.5. The van der Waals surface area contributed by atoms with Gasteiger partial charge in [-0.2, -0.15) is 13.2 Å². The Bertz CT molecular complexity index is 462. The Balaban J connectivity index is 0.00000200. The summed E-state index contributed by atoms with van der Waals surface area (Å²) >= 11 is 0. The minimum absolute atomic E-state index is 0. The van der Waals surface area contributed by atoms with E-state index in [4.69, 9.17) is 5.11 Å². The summed E-state index contributed by atoms with van der Waals surface area (Å²) < 4.78 is 37.2. The first kappa shape index (κ1) is 16.8. The second-order valence-corrected chi connectivity index (χ2v) is 4.72. The molecule has 3 nitrogen and oxygen atoms in total. The highest BCUT2D eigenvalue weighted by Crippen LogP contribution is 2.30. The van der Waals surface area contributed by atoms with Crippen molar-refractivity contribution in [1.82, 2.24) is 5.32 Å². The SMILES string of the molecule is Cl.O=C(O)[C@H]1NCCC1Cc1ccc(C(F)(F)F)cc1. The van der Waals surface area contributed by atoms with Crippen LogP contribution < -0.4 is 5.32 Å². The van der Waals surface area contributed by atoms with Crippen molar-refractivity contribution < 1.29 is 23.1 Å². The van der Waals surface area contributed by atoms with Gasteiger partial charge in [0.2, 0.25) is 0 Å². The highest BCUT2D eigenvalue weighted by Gasteiger charge is 2.33. The number of aliphatic carboxylic acids is 1. The molecule has 0 aliphatic carbocycles. The molecular formula is C13H15ClF3NO2. The van der Waals surface area contributed by atoms with Crippen molar-refractivity contribution >= 4 is 18.4 Å². The average Bonchev–Trinajstić information content (AvgIpc) is 2.77. The first-order valence-electron chi connectivity index (χ1n) is 6.00. The van der Waals surface area contributed by atoms with E-state index in [0.717, 1.165) is 24.1 Å². The van der Waals surface area contributed by atoms with E-state index in [1.54, 1.807) is 0 Å². The van der Waals surface area contributed by atoms with Crippen LogP contribution in [0.4, 0.5) is 13.2 Å². The maximum atomic E-state index is 12.4. The summed E-state index contributed by atoms with van der Waals surface area (Å²) in [6.07, 6.45) is -3.14. The van der Waals surface area contributed by atoms with Crippen LogP contribution in [-0.4, -0.2) is 23.7 Å². The Kier molecular flexibility index (Phi) is 5.42. The van der Waals surface area contributed by atoms with Crippen LogP contribution in [0, 0.1) is 5.92 Å². The van der Waals surface area contributed by atoms with E-state index in [9.17, 15) is 18.0 Å². The summed E-state index contributed by atoms with van der Waals surface area (Å²) in [5, 5.41) is 11.9. The van der Waals surface area contributed by atoms with Crippen molar-refractivity contribution in [2.24, 2.45) is 5.92 Å². The molecule has 0 amide bonds. The predicted molar refractivity (Wildman–Crippen MR) is 69.9 cm³/mol. The molecule has 112 valence electrons. The molecular weight excluding hydrogens is 295 g/mol. The van der Waals surface area contributed by atoms with Gasteiger partial charge in [-0.25, -0.2) is 0 Å². The van der Waals surface area contributed by atoms with Gasteiger partial charge in [-0.3, -0.25) is 4.79 Å². The minimum Gasteiger partial charge on any atom is -0.480 e. The monoisotopic (exact) mass is 309 g/mol. The normalized spacial score (nSPS) is 22.4. The molecule has 1 saturated heterocycles. The maximum Gasteiger partial charge on any atom is 0.416 e. The first-order valence-corrected chi connectivity index (χ1v) is 6.00. The second-order valence-electron chi connectivity index (χ2n) is 4.72. The molecule has 1 heterocycles. The third-order valence-corrected chi connectivity index (χ3v) is 3.40. The Hall–Kier alpha value is -1.27. The van der Waals surface area contributed by atoms with Crippen LogP contribution in [0.5, 0.6) is 0 Å². The Morgan fingerprint density at radius 3 is 2.40 bits per heavy atom. The molecule has 1 aromatic rings. The number of halogens is 4. The summed E-state index contributed by atoms with van der Waals surface area (Å²) in [7, 11) is 0. The molecule has 2 rings (SSSR count). The number of benzene rings is 1. The topological polar surface area (TPSA) is 49.3 Å². The highest BCUT2D eigenvalue weighted by molar-refractivity contribution is 5.85. The Labute approximate surface area is 120 Å². The van der Waals surface area contributed by atoms with Gasteiger partial charge in [-0.1, -0.05) is 12.1 Å². The van der Waals surface area contributed by atoms with Crippen molar-refractivity contribution in [2.45, 2.75) is 25.1 Å². The summed E-state index contributed by atoms with van der Waals surface area (Å²) in [4.78, 5) is 11.0. The molecule has 20 heavy (non-hydrogen) atoms. The van der Waals surface area contributed by atoms with E-state index in [1.807, 2.05) is 0 Å². The van der Waals surface area contributed by atoms with E-state index in [1.165, 1.54) is 12.1 Å². The Morgan fingerprint density at radius 1 is 1.30 bits per heavy atom. The maximum absolute atomic E-state index is 12.4. The minimum atomic E-state index is -4.34. The summed E-state index contributed by atoms with van der Waals surface area (Å²) in [6.45, 7) is 0.627. The first-order chi connectivity index (χ1) is 8.88. The molecule has 7 heteroatoms. The molecule has 0 bridgehead atoms. The van der Waals surface area contributed by atoms with E-state index < -0.39 is 23.8 Å². The fraction of sp³-hybridized carbons (Fsp3) is 0.462. The van der Waals surface area contributed by atoms with Crippen LogP contribution in [-0.2, 0) is 17.4 Å². The average molecular weight is 310 g/mol. The number of carboxylic acid groups (broad SMARTS) is 1. The smallest absolute Gasteiger partial charge is 0.416 e. The van der Waals surface area contributed by atoms with E-state index in [0.29, 0.717) is 13.0 Å². The van der Waals surface area contributed by atoms with Gasteiger partial charge in [0.15, 0.2) is 0 Å². The van der Waals surface area contributed by atoms with Crippen molar-refractivity contribution in [3.63, 3.8) is 0 Å². The molecule has 0 saturated carbocycles. The van der Waals surface area contributed by atoms with Crippen molar-refractivity contribution in [3.05, 3.63) is 35.4 Å². The lowest BCUT2D eigenvalue weighted by Gasteiger charge is -2.15. The van der Waals surface area contributed by atoms with Gasteiger partial charge < -0.3 is 10.4 Å². The van der Waals surface area contributed by atoms with Gasteiger partial charge in [0.25, 0.3) is 0 Å². The zero-order valence-corrected chi connectivity index (χ0v) is 11.3. The molecule has 1 aliphatic rings. The number of nitrogens with one attached hydrogen (secondary N) is 1. The summed E-state index contributed by atoms with van der Waals surface area (Å²) in [5.41, 5.74) is 0.0449. The zero-order chi connectivity index (χ0) is 14.0. The lowest BCUT2D eigenvalue weighted by Crippen LogP contribution is -2.36. The summed E-state index contributed by atoms with van der Waals surface area (Å²) in [5.74, 6) is -0.983. The van der Waals surface area contributed by atoms with Gasteiger partial charge in [0, 0.05) is 0 Å². The second kappa shape index (κ2) is 6.45. The van der Waals surface area contributed by atoms with Crippen LogP contribution in [0.3, 0.4) is 0 Å². The number of carbonyl (C=O) groups is 1. The molecule has 1 fully saturated rings. The molecule has 1 unspecified atom stereocenters. The number of hydrogen-bond donors (Lipinski definition) is 2. The fourth-order valence-electron chi connectivity index (χ4n) is 2.40. The molecule has 1 aromatic carbocycles. The molecule has 2 N–H and O–H groups in total. The quantitative estimate of drug-likeness (QED) is 0.902. The number of alkyl halides is 3. The van der Waals surface area contributed by atoms with Crippen molar-refractivity contribution in [2.75, 3.05) is 6.54 Å². The third-order valence-electron chi connectivity index (χ3n) is 3.40. The largest absolute Gasteiger partial charge is 0.480 e.